The maximum Gasteiger partial charge on any atom is 0.334 e. The lowest BCUT2D eigenvalue weighted by Crippen LogP contribution is -2.28. The van der Waals surface area contributed by atoms with E-state index in [1.54, 1.807) is 26.2 Å². The first-order valence-corrected chi connectivity index (χ1v) is 11.7. The predicted octanol–water partition coefficient (Wildman–Crippen LogP) is 4.98. The van der Waals surface area contributed by atoms with Gasteiger partial charge < -0.3 is 9.88 Å². The fraction of sp³-hybridized carbons (Fsp3) is 0.240. The minimum absolute atomic E-state index is 0.112. The highest BCUT2D eigenvalue weighted by atomic mass is 19.3. The zero-order chi connectivity index (χ0) is 26.8. The van der Waals surface area contributed by atoms with Crippen LogP contribution in [0, 0.1) is 18.6 Å². The van der Waals surface area contributed by atoms with Gasteiger partial charge in [0.05, 0.1) is 29.2 Å². The van der Waals surface area contributed by atoms with Gasteiger partial charge in [-0.05, 0) is 37.6 Å². The van der Waals surface area contributed by atoms with E-state index in [9.17, 15) is 8.78 Å². The monoisotopic (exact) mass is 523 g/mol. The van der Waals surface area contributed by atoms with Crippen molar-refractivity contribution in [1.29, 1.82) is 0 Å². The van der Waals surface area contributed by atoms with Crippen molar-refractivity contribution in [3.8, 4) is 22.8 Å². The summed E-state index contributed by atoms with van der Waals surface area (Å²) in [6.07, 6.45) is 4.54. The molecule has 1 N–H and O–H groups in total. The van der Waals surface area contributed by atoms with E-state index in [0.29, 0.717) is 23.5 Å². The number of aromatic nitrogens is 8. The molecule has 0 aliphatic carbocycles. The Kier molecular flexibility index (Phi) is 5.33. The first kappa shape index (κ1) is 23.8. The lowest BCUT2D eigenvalue weighted by molar-refractivity contribution is 0.0231. The van der Waals surface area contributed by atoms with Gasteiger partial charge in [-0.3, -0.25) is 4.57 Å². The van der Waals surface area contributed by atoms with Crippen molar-refractivity contribution in [1.82, 2.24) is 39.1 Å². The number of anilines is 2. The Bertz CT molecular complexity index is 1660. The van der Waals surface area contributed by atoms with Crippen LogP contribution in [-0.4, -0.2) is 39.1 Å². The first-order chi connectivity index (χ1) is 18.1. The van der Waals surface area contributed by atoms with E-state index in [4.69, 9.17) is 0 Å². The maximum atomic E-state index is 15.5. The van der Waals surface area contributed by atoms with Gasteiger partial charge >= 0.3 is 5.92 Å². The van der Waals surface area contributed by atoms with Crippen LogP contribution in [0.1, 0.15) is 29.9 Å². The molecule has 194 valence electrons. The molecule has 0 saturated carbocycles. The average Bonchev–Trinajstić information content (AvgIpc) is 3.59. The lowest BCUT2D eigenvalue weighted by Gasteiger charge is -2.27. The van der Waals surface area contributed by atoms with Crippen LogP contribution >= 0.6 is 0 Å². The van der Waals surface area contributed by atoms with Gasteiger partial charge in [0, 0.05) is 31.5 Å². The van der Waals surface area contributed by atoms with Crippen molar-refractivity contribution < 1.29 is 17.6 Å². The van der Waals surface area contributed by atoms with Gasteiger partial charge in [-0.25, -0.2) is 23.4 Å². The standard InChI is InChI=1S/C25H21F4N9/c1-13-9-30-24(33-21-18(27)10-31-36(21)3)32-20(13)15-8-19-22-34-35-23(38(22)14(2)11-37(19)12-15)25(28,29)16-6-4-5-7-17(16)26/h4-10,12,14H,11H2,1-3H3,(H,30,32,33)/t14-/m0/s1. The van der Waals surface area contributed by atoms with Crippen molar-refractivity contribution in [3.63, 3.8) is 0 Å². The van der Waals surface area contributed by atoms with Gasteiger partial charge in [0.2, 0.25) is 11.8 Å². The Labute approximate surface area is 213 Å². The van der Waals surface area contributed by atoms with E-state index < -0.39 is 35.0 Å². The van der Waals surface area contributed by atoms with Gasteiger partial charge in [0.25, 0.3) is 0 Å². The normalized spacial score (nSPS) is 14.9. The Balaban J connectivity index is 1.40. The fourth-order valence-electron chi connectivity index (χ4n) is 4.73. The van der Waals surface area contributed by atoms with Gasteiger partial charge in [0.15, 0.2) is 17.5 Å². The molecule has 0 unspecified atom stereocenters. The van der Waals surface area contributed by atoms with Gasteiger partial charge in [-0.1, -0.05) is 12.1 Å². The molecule has 1 aliphatic heterocycles. The van der Waals surface area contributed by atoms with Crippen molar-refractivity contribution in [2.75, 3.05) is 5.32 Å². The second kappa shape index (κ2) is 8.50. The summed E-state index contributed by atoms with van der Waals surface area (Å²) >= 11 is 0. The summed E-state index contributed by atoms with van der Waals surface area (Å²) in [4.78, 5) is 8.80. The highest BCUT2D eigenvalue weighted by Gasteiger charge is 2.44. The van der Waals surface area contributed by atoms with Gasteiger partial charge in [-0.2, -0.15) is 13.9 Å². The van der Waals surface area contributed by atoms with Crippen LogP contribution < -0.4 is 5.32 Å². The van der Waals surface area contributed by atoms with Crippen LogP contribution in [0.15, 0.2) is 48.9 Å². The number of rotatable bonds is 5. The molecule has 0 amide bonds. The Morgan fingerprint density at radius 3 is 2.61 bits per heavy atom. The molecule has 0 radical (unpaired) electrons. The van der Waals surface area contributed by atoms with Gasteiger partial charge in [0.1, 0.15) is 5.82 Å². The molecule has 38 heavy (non-hydrogen) atoms. The van der Waals surface area contributed by atoms with Crippen LogP contribution in [0.2, 0.25) is 0 Å². The minimum atomic E-state index is -3.69. The summed E-state index contributed by atoms with van der Waals surface area (Å²) < 4.78 is 63.9. The molecule has 1 aliphatic rings. The molecular weight excluding hydrogens is 502 g/mol. The molecule has 1 aromatic carbocycles. The predicted molar refractivity (Wildman–Crippen MR) is 130 cm³/mol. The molecule has 0 spiro atoms. The van der Waals surface area contributed by atoms with E-state index >= 15 is 8.78 Å². The number of nitrogens with zero attached hydrogens (tertiary/aromatic N) is 8. The highest BCUT2D eigenvalue weighted by molar-refractivity contribution is 5.71. The quantitative estimate of drug-likeness (QED) is 0.327. The number of alkyl halides is 2. The van der Waals surface area contributed by atoms with E-state index in [1.165, 1.54) is 21.4 Å². The lowest BCUT2D eigenvalue weighted by atomic mass is 10.1. The number of benzene rings is 1. The number of nitrogens with one attached hydrogen (secondary N) is 1. The zero-order valence-corrected chi connectivity index (χ0v) is 20.5. The van der Waals surface area contributed by atoms with Crippen molar-refractivity contribution >= 4 is 11.8 Å². The first-order valence-electron chi connectivity index (χ1n) is 11.7. The third-order valence-electron chi connectivity index (χ3n) is 6.59. The molecule has 0 saturated heterocycles. The molecule has 6 rings (SSSR count). The summed E-state index contributed by atoms with van der Waals surface area (Å²) in [6, 6.07) is 6.10. The van der Waals surface area contributed by atoms with Crippen LogP contribution in [0.5, 0.6) is 0 Å². The second-order valence-corrected chi connectivity index (χ2v) is 9.20. The largest absolute Gasteiger partial charge is 0.342 e. The maximum absolute atomic E-state index is 15.5. The second-order valence-electron chi connectivity index (χ2n) is 9.20. The summed E-state index contributed by atoms with van der Waals surface area (Å²) in [6.45, 7) is 3.96. The average molecular weight is 523 g/mol. The molecular formula is C25H21F4N9. The molecule has 0 fully saturated rings. The summed E-state index contributed by atoms with van der Waals surface area (Å²) in [5, 5.41) is 14.6. The Morgan fingerprint density at radius 2 is 1.87 bits per heavy atom. The SMILES string of the molecule is Cc1cnc(Nc2c(F)cnn2C)nc1-c1cc2n(c1)C[C@H](C)n1c-2nnc1C(F)(F)c1ccccc1F. The number of hydrogen-bond acceptors (Lipinski definition) is 6. The van der Waals surface area contributed by atoms with Crippen LogP contribution in [-0.2, 0) is 19.5 Å². The number of hydrogen-bond donors (Lipinski definition) is 1. The highest BCUT2D eigenvalue weighted by Crippen LogP contribution is 2.42. The van der Waals surface area contributed by atoms with Crippen LogP contribution in [0.3, 0.4) is 0 Å². The van der Waals surface area contributed by atoms with Crippen LogP contribution in [0.25, 0.3) is 22.8 Å². The number of aryl methyl sites for hydroxylation is 2. The molecule has 4 aromatic heterocycles. The molecule has 1 atom stereocenters. The van der Waals surface area contributed by atoms with Gasteiger partial charge in [-0.15, -0.1) is 10.2 Å². The Morgan fingerprint density at radius 1 is 1.08 bits per heavy atom. The molecule has 13 heteroatoms. The molecule has 5 heterocycles. The van der Waals surface area contributed by atoms with E-state index in [2.05, 4.69) is 30.6 Å². The molecule has 9 nitrogen and oxygen atoms in total. The van der Waals surface area contributed by atoms with Crippen molar-refractivity contribution in [3.05, 3.63) is 77.5 Å². The zero-order valence-electron chi connectivity index (χ0n) is 20.5. The molecule has 0 bridgehead atoms. The van der Waals surface area contributed by atoms with E-state index in [1.807, 2.05) is 17.7 Å². The topological polar surface area (TPSA) is 91.3 Å². The number of fused-ring (bicyclic) bond motifs is 3. The summed E-state index contributed by atoms with van der Waals surface area (Å²) in [5.74, 6) is -5.35. The van der Waals surface area contributed by atoms with E-state index in [-0.39, 0.29) is 17.6 Å². The van der Waals surface area contributed by atoms with E-state index in [0.717, 1.165) is 23.9 Å². The smallest absolute Gasteiger partial charge is 0.334 e. The third-order valence-corrected chi connectivity index (χ3v) is 6.59. The summed E-state index contributed by atoms with van der Waals surface area (Å²) in [5.41, 5.74) is 1.82. The Hall–Kier alpha value is -4.55. The van der Waals surface area contributed by atoms with Crippen LogP contribution in [0.4, 0.5) is 29.3 Å². The summed E-state index contributed by atoms with van der Waals surface area (Å²) in [7, 11) is 1.59. The van der Waals surface area contributed by atoms with Crippen molar-refractivity contribution in [2.45, 2.75) is 32.4 Å². The fourth-order valence-corrected chi connectivity index (χ4v) is 4.73. The van der Waals surface area contributed by atoms with Crippen molar-refractivity contribution in [2.24, 2.45) is 7.05 Å². The third kappa shape index (κ3) is 3.64. The number of halogens is 4. The molecule has 5 aromatic rings. The minimum Gasteiger partial charge on any atom is -0.342 e.